The molecule has 118 valence electrons. The summed E-state index contributed by atoms with van der Waals surface area (Å²) in [4.78, 5) is 28.1. The number of nitrogens with zero attached hydrogens (tertiary/aromatic N) is 2. The summed E-state index contributed by atoms with van der Waals surface area (Å²) in [6.45, 7) is 3.66. The fourth-order valence-corrected chi connectivity index (χ4v) is 3.00. The van der Waals surface area contributed by atoms with E-state index in [0.717, 1.165) is 6.42 Å². The van der Waals surface area contributed by atoms with Crippen LogP contribution in [0.2, 0.25) is 0 Å². The molecule has 2 heterocycles. The van der Waals surface area contributed by atoms with Gasteiger partial charge in [-0.3, -0.25) is 4.79 Å². The van der Waals surface area contributed by atoms with Gasteiger partial charge in [0.25, 0.3) is 5.91 Å². The lowest BCUT2D eigenvalue weighted by Gasteiger charge is -2.25. The fraction of sp³-hybridized carbons (Fsp3) is 0.500. The van der Waals surface area contributed by atoms with Gasteiger partial charge in [0.1, 0.15) is 11.9 Å². The van der Waals surface area contributed by atoms with Crippen LogP contribution in [0.5, 0.6) is 5.75 Å². The molecule has 6 nitrogen and oxygen atoms in total. The number of hydrogen-bond acceptors (Lipinski definition) is 3. The third kappa shape index (κ3) is 2.49. The number of carbonyl (C=O) groups excluding carboxylic acids is 2. The number of amides is 3. The maximum Gasteiger partial charge on any atom is 0.317 e. The maximum absolute atomic E-state index is 12.6. The second-order valence-corrected chi connectivity index (χ2v) is 5.77. The SMILES string of the molecule is CCCNC(=O)N1CC2Oc3ccccc3C(=O)N(C)C2C1. The Balaban J connectivity index is 1.80. The van der Waals surface area contributed by atoms with Crippen LogP contribution in [0.25, 0.3) is 0 Å². The predicted octanol–water partition coefficient (Wildman–Crippen LogP) is 1.32. The molecule has 0 saturated carbocycles. The van der Waals surface area contributed by atoms with Gasteiger partial charge >= 0.3 is 6.03 Å². The molecule has 2 atom stereocenters. The van der Waals surface area contributed by atoms with E-state index in [1.807, 2.05) is 25.1 Å². The van der Waals surface area contributed by atoms with Crippen LogP contribution in [-0.4, -0.2) is 60.6 Å². The van der Waals surface area contributed by atoms with Gasteiger partial charge in [-0.2, -0.15) is 0 Å². The third-order valence-electron chi connectivity index (χ3n) is 4.26. The summed E-state index contributed by atoms with van der Waals surface area (Å²) in [5, 5.41) is 2.87. The van der Waals surface area contributed by atoms with Crippen LogP contribution in [0.3, 0.4) is 0 Å². The number of likely N-dealkylation sites (tertiary alicyclic amines) is 1. The van der Waals surface area contributed by atoms with Gasteiger partial charge in [0.05, 0.1) is 18.2 Å². The number of rotatable bonds is 2. The Labute approximate surface area is 130 Å². The van der Waals surface area contributed by atoms with Crippen molar-refractivity contribution >= 4 is 11.9 Å². The van der Waals surface area contributed by atoms with Gasteiger partial charge in [0.2, 0.25) is 0 Å². The maximum atomic E-state index is 12.6. The molecule has 1 aromatic carbocycles. The zero-order valence-corrected chi connectivity index (χ0v) is 12.9. The Morgan fingerprint density at radius 2 is 2.14 bits per heavy atom. The van der Waals surface area contributed by atoms with Crippen LogP contribution in [0.4, 0.5) is 4.79 Å². The first-order chi connectivity index (χ1) is 10.6. The Hall–Kier alpha value is -2.24. The number of para-hydroxylation sites is 1. The average molecular weight is 303 g/mol. The molecule has 1 N–H and O–H groups in total. The Morgan fingerprint density at radius 1 is 1.36 bits per heavy atom. The van der Waals surface area contributed by atoms with Crippen molar-refractivity contribution in [2.45, 2.75) is 25.5 Å². The Bertz CT molecular complexity index is 590. The number of ether oxygens (including phenoxy) is 1. The number of likely N-dealkylation sites (N-methyl/N-ethyl adjacent to an activating group) is 1. The Morgan fingerprint density at radius 3 is 2.91 bits per heavy atom. The van der Waals surface area contributed by atoms with E-state index in [9.17, 15) is 9.59 Å². The summed E-state index contributed by atoms with van der Waals surface area (Å²) in [7, 11) is 1.78. The number of urea groups is 1. The molecule has 6 heteroatoms. The minimum absolute atomic E-state index is 0.0566. The molecule has 0 aromatic heterocycles. The number of hydrogen-bond donors (Lipinski definition) is 1. The number of fused-ring (bicyclic) bond motifs is 2. The second kappa shape index (κ2) is 5.87. The highest BCUT2D eigenvalue weighted by Crippen LogP contribution is 2.30. The van der Waals surface area contributed by atoms with E-state index in [2.05, 4.69) is 5.32 Å². The first kappa shape index (κ1) is 14.7. The molecule has 3 amide bonds. The smallest absolute Gasteiger partial charge is 0.317 e. The summed E-state index contributed by atoms with van der Waals surface area (Å²) in [6, 6.07) is 7.07. The van der Waals surface area contributed by atoms with Gasteiger partial charge in [-0.25, -0.2) is 4.79 Å². The molecule has 1 aromatic rings. The van der Waals surface area contributed by atoms with Crippen LogP contribution in [-0.2, 0) is 0 Å². The van der Waals surface area contributed by atoms with Crippen molar-refractivity contribution < 1.29 is 14.3 Å². The van der Waals surface area contributed by atoms with Crippen molar-refractivity contribution in [3.63, 3.8) is 0 Å². The van der Waals surface area contributed by atoms with Crippen molar-refractivity contribution in [3.8, 4) is 5.75 Å². The third-order valence-corrected chi connectivity index (χ3v) is 4.26. The lowest BCUT2D eigenvalue weighted by molar-refractivity contribution is 0.0682. The molecule has 0 radical (unpaired) electrons. The molecule has 0 spiro atoms. The van der Waals surface area contributed by atoms with Crippen molar-refractivity contribution in [2.75, 3.05) is 26.7 Å². The van der Waals surface area contributed by atoms with Crippen LogP contribution in [0, 0.1) is 0 Å². The predicted molar refractivity (Wildman–Crippen MR) is 82.0 cm³/mol. The zero-order chi connectivity index (χ0) is 15.7. The standard InChI is InChI=1S/C16H21N3O3/c1-3-8-17-16(21)19-9-12-14(10-19)22-13-7-5-4-6-11(13)15(20)18(12)2/h4-7,12,14H,3,8-10H2,1-2H3,(H,17,21). The highest BCUT2D eigenvalue weighted by molar-refractivity contribution is 5.97. The van der Waals surface area contributed by atoms with Crippen molar-refractivity contribution in [2.24, 2.45) is 0 Å². The monoisotopic (exact) mass is 303 g/mol. The van der Waals surface area contributed by atoms with Crippen molar-refractivity contribution in [1.29, 1.82) is 0 Å². The van der Waals surface area contributed by atoms with Gasteiger partial charge in [0.15, 0.2) is 0 Å². The summed E-state index contributed by atoms with van der Waals surface area (Å²) < 4.78 is 6.02. The summed E-state index contributed by atoms with van der Waals surface area (Å²) in [5.41, 5.74) is 0.585. The quantitative estimate of drug-likeness (QED) is 0.896. The number of nitrogens with one attached hydrogen (secondary N) is 1. The van der Waals surface area contributed by atoms with Gasteiger partial charge in [-0.1, -0.05) is 19.1 Å². The first-order valence-electron chi connectivity index (χ1n) is 7.67. The van der Waals surface area contributed by atoms with Gasteiger partial charge in [-0.15, -0.1) is 0 Å². The Kier molecular flexibility index (Phi) is 3.92. The lowest BCUT2D eigenvalue weighted by atomic mass is 10.1. The highest BCUT2D eigenvalue weighted by atomic mass is 16.5. The van der Waals surface area contributed by atoms with Crippen LogP contribution < -0.4 is 10.1 Å². The molecule has 0 aliphatic carbocycles. The van der Waals surface area contributed by atoms with Gasteiger partial charge in [-0.05, 0) is 18.6 Å². The molecule has 2 aliphatic heterocycles. The molecule has 22 heavy (non-hydrogen) atoms. The molecule has 2 aliphatic rings. The minimum atomic E-state index is -0.190. The topological polar surface area (TPSA) is 61.9 Å². The van der Waals surface area contributed by atoms with Gasteiger partial charge < -0.3 is 19.9 Å². The first-order valence-corrected chi connectivity index (χ1v) is 7.67. The molecular formula is C16H21N3O3. The molecule has 1 fully saturated rings. The zero-order valence-electron chi connectivity index (χ0n) is 12.9. The van der Waals surface area contributed by atoms with E-state index in [4.69, 9.17) is 4.74 Å². The van der Waals surface area contributed by atoms with Crippen LogP contribution in [0.15, 0.2) is 24.3 Å². The number of carbonyl (C=O) groups is 2. The number of benzene rings is 1. The molecule has 2 unspecified atom stereocenters. The van der Waals surface area contributed by atoms with E-state index in [1.54, 1.807) is 22.9 Å². The molecule has 0 bridgehead atoms. The molecular weight excluding hydrogens is 282 g/mol. The van der Waals surface area contributed by atoms with Crippen LogP contribution in [0.1, 0.15) is 23.7 Å². The van der Waals surface area contributed by atoms with Crippen LogP contribution >= 0.6 is 0 Å². The normalized spacial score (nSPS) is 23.5. The largest absolute Gasteiger partial charge is 0.486 e. The fourth-order valence-electron chi connectivity index (χ4n) is 3.00. The van der Waals surface area contributed by atoms with E-state index in [-0.39, 0.29) is 24.1 Å². The summed E-state index contributed by atoms with van der Waals surface area (Å²) in [5.74, 6) is 0.543. The average Bonchev–Trinajstić information content (AvgIpc) is 2.92. The second-order valence-electron chi connectivity index (χ2n) is 5.77. The van der Waals surface area contributed by atoms with E-state index >= 15 is 0 Å². The molecule has 3 rings (SSSR count). The van der Waals surface area contributed by atoms with E-state index < -0.39 is 0 Å². The van der Waals surface area contributed by atoms with Crippen molar-refractivity contribution in [3.05, 3.63) is 29.8 Å². The van der Waals surface area contributed by atoms with E-state index in [1.165, 1.54) is 0 Å². The van der Waals surface area contributed by atoms with Crippen molar-refractivity contribution in [1.82, 2.24) is 15.1 Å². The lowest BCUT2D eigenvalue weighted by Crippen LogP contribution is -2.44. The van der Waals surface area contributed by atoms with Gasteiger partial charge in [0, 0.05) is 20.1 Å². The van der Waals surface area contributed by atoms with E-state index in [0.29, 0.717) is 30.9 Å². The highest BCUT2D eigenvalue weighted by Gasteiger charge is 2.43. The summed E-state index contributed by atoms with van der Waals surface area (Å²) >= 11 is 0. The molecule has 1 saturated heterocycles. The summed E-state index contributed by atoms with van der Waals surface area (Å²) in [6.07, 6.45) is 0.708. The minimum Gasteiger partial charge on any atom is -0.486 e.